The Morgan fingerprint density at radius 1 is 1.33 bits per heavy atom. The lowest BCUT2D eigenvalue weighted by atomic mass is 9.91. The van der Waals surface area contributed by atoms with Crippen molar-refractivity contribution in [3.8, 4) is 10.6 Å². The molecule has 2 aromatic rings. The van der Waals surface area contributed by atoms with Crippen molar-refractivity contribution in [1.82, 2.24) is 9.97 Å². The smallest absolute Gasteiger partial charge is 0.228 e. The van der Waals surface area contributed by atoms with Crippen molar-refractivity contribution in [2.75, 3.05) is 11.4 Å². The average Bonchev–Trinajstić information content (AvgIpc) is 2.91. The summed E-state index contributed by atoms with van der Waals surface area (Å²) in [5.41, 5.74) is 0.841. The summed E-state index contributed by atoms with van der Waals surface area (Å²) in [7, 11) is 0. The monoisotopic (exact) mass is 367 g/mol. The van der Waals surface area contributed by atoms with Crippen LogP contribution < -0.4 is 4.90 Å². The maximum Gasteiger partial charge on any atom is 0.228 e. The molecular weight excluding hydrogens is 342 g/mol. The fraction of sp³-hybridized carbons (Fsp3) is 0.500. The second kappa shape index (κ2) is 9.14. The van der Waals surface area contributed by atoms with Gasteiger partial charge in [-0.2, -0.15) is 0 Å². The van der Waals surface area contributed by atoms with E-state index in [0.717, 1.165) is 10.6 Å². The summed E-state index contributed by atoms with van der Waals surface area (Å²) < 4.78 is 0. The lowest BCUT2D eigenvalue weighted by Crippen LogP contribution is -2.33. The van der Waals surface area contributed by atoms with Crippen LogP contribution in [0, 0.1) is 5.41 Å². The van der Waals surface area contributed by atoms with Crippen LogP contribution in [0.4, 0.5) is 5.00 Å². The van der Waals surface area contributed by atoms with E-state index in [1.54, 1.807) is 17.3 Å². The van der Waals surface area contributed by atoms with Gasteiger partial charge in [-0.05, 0) is 24.5 Å². The molecule has 2 heterocycles. The van der Waals surface area contributed by atoms with E-state index >= 15 is 0 Å². The summed E-state index contributed by atoms with van der Waals surface area (Å²) >= 11 is 7.69. The number of pyridine rings is 1. The third-order valence-corrected chi connectivity index (χ3v) is 4.53. The standard InChI is InChI=1S/C16H20ClN3OS.C2H6/c1-5-20(12(21)9-16(2,3)4)15-13(17)19-14(22-15)11-7-6-8-18-10-11;1-2/h6-8,10H,5,9H2,1-4H3;1-2H3. The minimum atomic E-state index is -0.0617. The summed E-state index contributed by atoms with van der Waals surface area (Å²) in [6.45, 7) is 12.7. The summed E-state index contributed by atoms with van der Waals surface area (Å²) in [6.07, 6.45) is 3.92. The first-order chi connectivity index (χ1) is 11.3. The molecule has 2 aromatic heterocycles. The fourth-order valence-electron chi connectivity index (χ4n) is 2.06. The van der Waals surface area contributed by atoms with Crippen LogP contribution in [0.5, 0.6) is 0 Å². The molecule has 0 fully saturated rings. The number of rotatable bonds is 4. The molecule has 0 radical (unpaired) electrons. The molecule has 0 aliphatic carbocycles. The molecule has 0 saturated carbocycles. The number of hydrogen-bond acceptors (Lipinski definition) is 4. The fourth-order valence-corrected chi connectivity index (χ4v) is 3.44. The predicted molar refractivity (Wildman–Crippen MR) is 104 cm³/mol. The van der Waals surface area contributed by atoms with Crippen molar-refractivity contribution in [2.24, 2.45) is 5.41 Å². The van der Waals surface area contributed by atoms with E-state index in [2.05, 4.69) is 9.97 Å². The molecule has 2 rings (SSSR count). The van der Waals surface area contributed by atoms with Gasteiger partial charge in [0.15, 0.2) is 5.15 Å². The van der Waals surface area contributed by atoms with E-state index in [1.807, 2.05) is 53.7 Å². The van der Waals surface area contributed by atoms with Crippen LogP contribution in [0.1, 0.15) is 48.0 Å². The molecule has 132 valence electrons. The van der Waals surface area contributed by atoms with Crippen LogP contribution in [0.2, 0.25) is 5.15 Å². The third-order valence-electron chi connectivity index (χ3n) is 3.02. The Kier molecular flexibility index (Phi) is 7.84. The topological polar surface area (TPSA) is 46.1 Å². The Labute approximate surface area is 153 Å². The normalized spacial score (nSPS) is 10.8. The number of carbonyl (C=O) groups is 1. The van der Waals surface area contributed by atoms with Gasteiger partial charge in [0.05, 0.1) is 0 Å². The van der Waals surface area contributed by atoms with Gasteiger partial charge in [0.1, 0.15) is 10.0 Å². The number of hydrogen-bond donors (Lipinski definition) is 0. The summed E-state index contributed by atoms with van der Waals surface area (Å²) in [5, 5.41) is 1.85. The zero-order chi connectivity index (χ0) is 18.3. The van der Waals surface area contributed by atoms with Gasteiger partial charge in [-0.3, -0.25) is 9.78 Å². The Morgan fingerprint density at radius 3 is 2.50 bits per heavy atom. The third kappa shape index (κ3) is 5.56. The van der Waals surface area contributed by atoms with E-state index < -0.39 is 0 Å². The molecule has 0 N–H and O–H groups in total. The summed E-state index contributed by atoms with van der Waals surface area (Å²) in [5.74, 6) is 0.0679. The zero-order valence-electron chi connectivity index (χ0n) is 15.3. The number of thiazole rings is 1. The average molecular weight is 368 g/mol. The van der Waals surface area contributed by atoms with Gasteiger partial charge in [-0.1, -0.05) is 57.6 Å². The largest absolute Gasteiger partial charge is 0.301 e. The molecule has 0 unspecified atom stereocenters. The maximum absolute atomic E-state index is 12.5. The minimum absolute atomic E-state index is 0.0617. The van der Waals surface area contributed by atoms with Crippen molar-refractivity contribution >= 4 is 33.8 Å². The lowest BCUT2D eigenvalue weighted by molar-refractivity contribution is -0.120. The molecule has 0 aliphatic heterocycles. The molecule has 0 aliphatic rings. The van der Waals surface area contributed by atoms with E-state index in [9.17, 15) is 4.79 Å². The van der Waals surface area contributed by atoms with Crippen LogP contribution >= 0.6 is 22.9 Å². The number of amides is 1. The van der Waals surface area contributed by atoms with Gasteiger partial charge >= 0.3 is 0 Å². The molecule has 0 spiro atoms. The van der Waals surface area contributed by atoms with Crippen LogP contribution in [0.25, 0.3) is 10.6 Å². The first-order valence-corrected chi connectivity index (χ1v) is 9.38. The first kappa shape index (κ1) is 20.6. The maximum atomic E-state index is 12.5. The highest BCUT2D eigenvalue weighted by Gasteiger charge is 2.25. The van der Waals surface area contributed by atoms with Gasteiger partial charge < -0.3 is 4.90 Å². The van der Waals surface area contributed by atoms with Gasteiger partial charge in [0.25, 0.3) is 0 Å². The highest BCUT2D eigenvalue weighted by molar-refractivity contribution is 7.19. The molecule has 0 aromatic carbocycles. The van der Waals surface area contributed by atoms with Crippen LogP contribution in [-0.4, -0.2) is 22.4 Å². The molecule has 0 atom stereocenters. The van der Waals surface area contributed by atoms with Crippen LogP contribution in [-0.2, 0) is 4.79 Å². The van der Waals surface area contributed by atoms with E-state index in [0.29, 0.717) is 23.1 Å². The summed E-state index contributed by atoms with van der Waals surface area (Å²) in [6, 6.07) is 3.78. The lowest BCUT2D eigenvalue weighted by Gasteiger charge is -2.24. The Hall–Kier alpha value is -1.46. The van der Waals surface area contributed by atoms with E-state index in [-0.39, 0.29) is 11.3 Å². The Balaban J connectivity index is 0.00000139. The second-order valence-corrected chi connectivity index (χ2v) is 7.57. The van der Waals surface area contributed by atoms with Crippen molar-refractivity contribution in [1.29, 1.82) is 0 Å². The van der Waals surface area contributed by atoms with Gasteiger partial charge in [-0.25, -0.2) is 4.98 Å². The molecule has 0 saturated heterocycles. The first-order valence-electron chi connectivity index (χ1n) is 8.19. The Bertz CT molecular complexity index is 650. The molecule has 0 bridgehead atoms. The van der Waals surface area contributed by atoms with Crippen LogP contribution in [0.3, 0.4) is 0 Å². The molecule has 24 heavy (non-hydrogen) atoms. The molecule has 6 heteroatoms. The molecule has 4 nitrogen and oxygen atoms in total. The van der Waals surface area contributed by atoms with Gasteiger partial charge in [0, 0.05) is 30.9 Å². The summed E-state index contributed by atoms with van der Waals surface area (Å²) in [4.78, 5) is 22.7. The van der Waals surface area contributed by atoms with E-state index in [1.165, 1.54) is 11.3 Å². The molecule has 1 amide bonds. The number of anilines is 1. The van der Waals surface area contributed by atoms with Crippen molar-refractivity contribution in [3.05, 3.63) is 29.7 Å². The minimum Gasteiger partial charge on any atom is -0.301 e. The highest BCUT2D eigenvalue weighted by atomic mass is 35.5. The SMILES string of the molecule is CC.CCN(C(=O)CC(C)(C)C)c1sc(-c2cccnc2)nc1Cl. The van der Waals surface area contributed by atoms with Gasteiger partial charge in [0.2, 0.25) is 5.91 Å². The predicted octanol–water partition coefficient (Wildman–Crippen LogP) is 5.67. The highest BCUT2D eigenvalue weighted by Crippen LogP contribution is 2.38. The molecular formula is C18H26ClN3OS. The van der Waals surface area contributed by atoms with Gasteiger partial charge in [-0.15, -0.1) is 0 Å². The Morgan fingerprint density at radius 2 is 2.00 bits per heavy atom. The number of nitrogens with zero attached hydrogens (tertiary/aromatic N) is 3. The van der Waals surface area contributed by atoms with Crippen molar-refractivity contribution in [2.45, 2.75) is 48.0 Å². The number of carbonyl (C=O) groups excluding carboxylic acids is 1. The second-order valence-electron chi connectivity index (χ2n) is 6.23. The number of halogens is 1. The quantitative estimate of drug-likeness (QED) is 0.698. The zero-order valence-corrected chi connectivity index (χ0v) is 16.8. The number of aromatic nitrogens is 2. The van der Waals surface area contributed by atoms with Crippen LogP contribution in [0.15, 0.2) is 24.5 Å². The van der Waals surface area contributed by atoms with Crippen molar-refractivity contribution < 1.29 is 4.79 Å². The van der Waals surface area contributed by atoms with E-state index in [4.69, 9.17) is 11.6 Å². The van der Waals surface area contributed by atoms with Crippen molar-refractivity contribution in [3.63, 3.8) is 0 Å².